The van der Waals surface area contributed by atoms with Crippen LogP contribution in [0, 0.1) is 0 Å². The summed E-state index contributed by atoms with van der Waals surface area (Å²) in [5.41, 5.74) is 2.38. The van der Waals surface area contributed by atoms with Crippen LogP contribution >= 0.6 is 11.8 Å². The van der Waals surface area contributed by atoms with E-state index >= 15 is 0 Å². The lowest BCUT2D eigenvalue weighted by atomic mass is 10.1. The maximum atomic E-state index is 12.7. The fraction of sp³-hybridized carbons (Fsp3) is 0.423. The van der Waals surface area contributed by atoms with Crippen LogP contribution in [0.1, 0.15) is 61.1 Å². The number of oxazole rings is 1. The largest absolute Gasteiger partial charge is 0.464 e. The van der Waals surface area contributed by atoms with Crippen molar-refractivity contribution in [2.24, 2.45) is 0 Å². The predicted octanol–water partition coefficient (Wildman–Crippen LogP) is 4.06. The fourth-order valence-corrected chi connectivity index (χ4v) is 4.10. The van der Waals surface area contributed by atoms with Gasteiger partial charge in [0.1, 0.15) is 6.04 Å². The van der Waals surface area contributed by atoms with Crippen LogP contribution in [0.15, 0.2) is 40.9 Å². The van der Waals surface area contributed by atoms with E-state index in [0.29, 0.717) is 29.1 Å². The molecule has 1 unspecified atom stereocenters. The van der Waals surface area contributed by atoms with Gasteiger partial charge in [-0.3, -0.25) is 14.7 Å². The zero-order valence-electron chi connectivity index (χ0n) is 21.5. The third-order valence-electron chi connectivity index (χ3n) is 5.77. The summed E-state index contributed by atoms with van der Waals surface area (Å²) in [6.07, 6.45) is 5.38. The number of nitrogens with zero attached hydrogens (tertiary/aromatic N) is 2. The van der Waals surface area contributed by atoms with Crippen molar-refractivity contribution in [1.82, 2.24) is 25.8 Å². The Balaban J connectivity index is 1.73. The minimum atomic E-state index is -0.770. The molecule has 0 radical (unpaired) electrons. The molecule has 1 atom stereocenters. The highest BCUT2D eigenvalue weighted by molar-refractivity contribution is 7.98. The van der Waals surface area contributed by atoms with Crippen molar-refractivity contribution in [2.75, 3.05) is 18.6 Å². The molecule has 37 heavy (non-hydrogen) atoms. The summed E-state index contributed by atoms with van der Waals surface area (Å²) < 4.78 is 10.8. The summed E-state index contributed by atoms with van der Waals surface area (Å²) in [6, 6.07) is 8.33. The molecule has 0 aliphatic rings. The highest BCUT2D eigenvalue weighted by Crippen LogP contribution is 2.26. The van der Waals surface area contributed by atoms with E-state index in [9.17, 15) is 14.4 Å². The molecule has 2 heterocycles. The molecular weight excluding hydrogens is 494 g/mol. The zero-order chi connectivity index (χ0) is 26.8. The van der Waals surface area contributed by atoms with Gasteiger partial charge in [0, 0.05) is 17.2 Å². The maximum absolute atomic E-state index is 12.7. The van der Waals surface area contributed by atoms with E-state index in [4.69, 9.17) is 9.15 Å². The molecule has 0 spiro atoms. The third kappa shape index (κ3) is 7.45. The van der Waals surface area contributed by atoms with Crippen molar-refractivity contribution in [1.29, 1.82) is 0 Å². The van der Waals surface area contributed by atoms with Gasteiger partial charge in [-0.2, -0.15) is 16.9 Å². The summed E-state index contributed by atoms with van der Waals surface area (Å²) >= 11 is 1.57. The summed E-state index contributed by atoms with van der Waals surface area (Å²) in [7, 11) is 0. The van der Waals surface area contributed by atoms with Gasteiger partial charge in [0.15, 0.2) is 5.69 Å². The standard InChI is InChI=1S/C26H33N5O5S/c1-5-18(6-2)28-23(32)21-14-20(30-31-21)16-9-8-10-17(13-16)25-27-15-22(36-25)24(33)29-19(11-12-37-4)26(34)35-7-3/h8-10,13-15,18-19H,5-7,11-12H2,1-4H3,(H,28,32)(H,29,33)(H,30,31). The van der Waals surface area contributed by atoms with Crippen LogP contribution in [0.3, 0.4) is 0 Å². The Morgan fingerprint density at radius 3 is 2.54 bits per heavy atom. The van der Waals surface area contributed by atoms with Gasteiger partial charge in [-0.15, -0.1) is 0 Å². The minimum absolute atomic E-state index is 0.0132. The first-order chi connectivity index (χ1) is 17.9. The summed E-state index contributed by atoms with van der Waals surface area (Å²) in [5, 5.41) is 12.7. The van der Waals surface area contributed by atoms with E-state index in [0.717, 1.165) is 18.4 Å². The van der Waals surface area contributed by atoms with Gasteiger partial charge in [-0.1, -0.05) is 26.0 Å². The molecule has 1 aromatic carbocycles. The number of thioether (sulfide) groups is 1. The molecule has 0 bridgehead atoms. The summed E-state index contributed by atoms with van der Waals surface area (Å²) in [6.45, 7) is 6.00. The van der Waals surface area contributed by atoms with E-state index in [2.05, 4.69) is 25.8 Å². The van der Waals surface area contributed by atoms with Gasteiger partial charge >= 0.3 is 5.97 Å². The van der Waals surface area contributed by atoms with Crippen LogP contribution in [0.5, 0.6) is 0 Å². The third-order valence-corrected chi connectivity index (χ3v) is 6.41. The van der Waals surface area contributed by atoms with Gasteiger partial charge in [0.25, 0.3) is 11.8 Å². The number of carbonyl (C=O) groups is 3. The van der Waals surface area contributed by atoms with Crippen LogP contribution in [-0.4, -0.2) is 63.7 Å². The molecule has 11 heteroatoms. The normalized spacial score (nSPS) is 11.8. The van der Waals surface area contributed by atoms with E-state index in [1.165, 1.54) is 6.20 Å². The second-order valence-corrected chi connectivity index (χ2v) is 9.31. The quantitative estimate of drug-likeness (QED) is 0.283. The molecular formula is C26H33N5O5S. The van der Waals surface area contributed by atoms with Crippen molar-refractivity contribution in [3.8, 4) is 22.7 Å². The van der Waals surface area contributed by atoms with Gasteiger partial charge in [-0.25, -0.2) is 9.78 Å². The second kappa shape index (κ2) is 13.6. The lowest BCUT2D eigenvalue weighted by Crippen LogP contribution is -2.42. The van der Waals surface area contributed by atoms with E-state index in [1.54, 1.807) is 30.8 Å². The number of aromatic nitrogens is 3. The van der Waals surface area contributed by atoms with Gasteiger partial charge in [0.2, 0.25) is 11.7 Å². The molecule has 0 saturated carbocycles. The van der Waals surface area contributed by atoms with Crippen LogP contribution in [0.25, 0.3) is 22.7 Å². The average Bonchev–Trinajstić information content (AvgIpc) is 3.60. The molecule has 3 aromatic rings. The molecule has 10 nitrogen and oxygen atoms in total. The number of rotatable bonds is 13. The fourth-order valence-electron chi connectivity index (χ4n) is 3.63. The number of aromatic amines is 1. The smallest absolute Gasteiger partial charge is 0.328 e. The number of nitrogens with one attached hydrogen (secondary N) is 3. The van der Waals surface area contributed by atoms with Crippen molar-refractivity contribution < 1.29 is 23.5 Å². The maximum Gasteiger partial charge on any atom is 0.328 e. The van der Waals surface area contributed by atoms with Crippen molar-refractivity contribution >= 4 is 29.5 Å². The van der Waals surface area contributed by atoms with Gasteiger partial charge in [0.05, 0.1) is 18.5 Å². The summed E-state index contributed by atoms with van der Waals surface area (Å²) in [5.74, 6) is -0.335. The number of esters is 1. The number of H-pyrrole nitrogens is 1. The Hall–Kier alpha value is -3.60. The van der Waals surface area contributed by atoms with E-state index in [1.807, 2.05) is 38.3 Å². The number of benzene rings is 1. The summed E-state index contributed by atoms with van der Waals surface area (Å²) in [4.78, 5) is 41.7. The monoisotopic (exact) mass is 527 g/mol. The molecule has 198 valence electrons. The van der Waals surface area contributed by atoms with E-state index in [-0.39, 0.29) is 30.2 Å². The first-order valence-corrected chi connectivity index (χ1v) is 13.7. The Morgan fingerprint density at radius 2 is 1.84 bits per heavy atom. The molecule has 0 aliphatic heterocycles. The highest BCUT2D eigenvalue weighted by Gasteiger charge is 2.24. The lowest BCUT2D eigenvalue weighted by Gasteiger charge is -2.15. The molecule has 2 amide bonds. The molecule has 2 aromatic heterocycles. The topological polar surface area (TPSA) is 139 Å². The Morgan fingerprint density at radius 1 is 1.08 bits per heavy atom. The molecule has 0 saturated heterocycles. The Kier molecular flexibility index (Phi) is 10.3. The van der Waals surface area contributed by atoms with Crippen LogP contribution in [-0.2, 0) is 9.53 Å². The Labute approximate surface area is 220 Å². The van der Waals surface area contributed by atoms with Crippen molar-refractivity contribution in [3.05, 3.63) is 48.0 Å². The SMILES string of the molecule is CCOC(=O)C(CCSC)NC(=O)c1cnc(-c2cccc(-c3cc(C(=O)NC(CC)CC)n[nH]3)c2)o1. The van der Waals surface area contributed by atoms with Crippen molar-refractivity contribution in [2.45, 2.75) is 52.1 Å². The number of hydrogen-bond acceptors (Lipinski definition) is 8. The number of ether oxygens (including phenoxy) is 1. The zero-order valence-corrected chi connectivity index (χ0v) is 22.3. The van der Waals surface area contributed by atoms with Crippen LogP contribution < -0.4 is 10.6 Å². The lowest BCUT2D eigenvalue weighted by molar-refractivity contribution is -0.145. The van der Waals surface area contributed by atoms with Crippen molar-refractivity contribution in [3.63, 3.8) is 0 Å². The molecule has 0 aliphatic carbocycles. The number of amides is 2. The van der Waals surface area contributed by atoms with E-state index < -0.39 is 17.9 Å². The minimum Gasteiger partial charge on any atom is -0.464 e. The van der Waals surface area contributed by atoms with Gasteiger partial charge < -0.3 is 19.8 Å². The predicted molar refractivity (Wildman–Crippen MR) is 142 cm³/mol. The molecule has 3 N–H and O–H groups in total. The second-order valence-electron chi connectivity index (χ2n) is 8.32. The first kappa shape index (κ1) is 28.0. The Bertz CT molecular complexity index is 1200. The number of carbonyl (C=O) groups excluding carboxylic acids is 3. The van der Waals surface area contributed by atoms with Gasteiger partial charge in [-0.05, 0) is 56.4 Å². The highest BCUT2D eigenvalue weighted by atomic mass is 32.2. The van der Waals surface area contributed by atoms with Crippen LogP contribution in [0.4, 0.5) is 0 Å². The molecule has 3 rings (SSSR count). The average molecular weight is 528 g/mol. The first-order valence-electron chi connectivity index (χ1n) is 12.3. The van der Waals surface area contributed by atoms with Crippen LogP contribution in [0.2, 0.25) is 0 Å². The number of hydrogen-bond donors (Lipinski definition) is 3. The molecule has 0 fully saturated rings.